The number of ether oxygens (including phenoxy) is 1. The van der Waals surface area contributed by atoms with E-state index >= 15 is 0 Å². The fraction of sp³-hybridized carbons (Fsp3) is 0.389. The number of benzene rings is 1. The number of aliphatic imine (C=N–C) groups is 1. The van der Waals surface area contributed by atoms with E-state index in [-0.39, 0.29) is 48.4 Å². The maximum Gasteiger partial charge on any atom is 0.573 e. The van der Waals surface area contributed by atoms with Gasteiger partial charge in [-0.3, -0.25) is 0 Å². The number of furan rings is 1. The Balaban J connectivity index is 0.00000392. The molecule has 0 bridgehead atoms. The molecular formula is C18H23F3IN3O3. The SMILES string of the molecule is CCNC(=NCc1ccccc1OC(F)(F)F)NCC(C)(O)c1ccco1.I. The number of nitrogens with zero attached hydrogens (tertiary/aromatic N) is 1. The van der Waals surface area contributed by atoms with Gasteiger partial charge in [0.25, 0.3) is 0 Å². The zero-order chi connectivity index (χ0) is 19.9. The fourth-order valence-corrected chi connectivity index (χ4v) is 2.29. The maximum atomic E-state index is 12.5. The zero-order valence-electron chi connectivity index (χ0n) is 15.4. The van der Waals surface area contributed by atoms with Crippen LogP contribution in [0.5, 0.6) is 5.75 Å². The Kier molecular flexibility index (Phi) is 9.08. The summed E-state index contributed by atoms with van der Waals surface area (Å²) in [6.07, 6.45) is -3.31. The van der Waals surface area contributed by atoms with Crippen molar-refractivity contribution in [2.45, 2.75) is 32.4 Å². The lowest BCUT2D eigenvalue weighted by atomic mass is 10.0. The molecule has 0 saturated carbocycles. The smallest absolute Gasteiger partial charge is 0.466 e. The Labute approximate surface area is 178 Å². The molecule has 0 saturated heterocycles. The van der Waals surface area contributed by atoms with Crippen LogP contribution in [0.2, 0.25) is 0 Å². The van der Waals surface area contributed by atoms with Crippen molar-refractivity contribution in [3.63, 3.8) is 0 Å². The van der Waals surface area contributed by atoms with E-state index in [1.807, 2.05) is 6.92 Å². The summed E-state index contributed by atoms with van der Waals surface area (Å²) in [5, 5.41) is 16.4. The number of para-hydroxylation sites is 1. The highest BCUT2D eigenvalue weighted by Crippen LogP contribution is 2.26. The van der Waals surface area contributed by atoms with Gasteiger partial charge in [0.2, 0.25) is 0 Å². The third-order valence-corrected chi connectivity index (χ3v) is 3.60. The number of hydrogen-bond donors (Lipinski definition) is 3. The summed E-state index contributed by atoms with van der Waals surface area (Å²) < 4.78 is 46.8. The number of hydrogen-bond acceptors (Lipinski definition) is 4. The second kappa shape index (κ2) is 10.6. The van der Waals surface area contributed by atoms with Crippen molar-refractivity contribution in [1.29, 1.82) is 0 Å². The normalized spacial score (nSPS) is 14.0. The number of halogens is 4. The molecule has 1 aromatic heterocycles. The minimum Gasteiger partial charge on any atom is -0.466 e. The van der Waals surface area contributed by atoms with Gasteiger partial charge < -0.3 is 24.9 Å². The van der Waals surface area contributed by atoms with Crippen LogP contribution in [0.1, 0.15) is 25.2 Å². The van der Waals surface area contributed by atoms with Crippen LogP contribution in [0.15, 0.2) is 52.1 Å². The Hall–Kier alpha value is -1.95. The summed E-state index contributed by atoms with van der Waals surface area (Å²) in [6, 6.07) is 9.12. The molecule has 2 aromatic rings. The van der Waals surface area contributed by atoms with Crippen molar-refractivity contribution in [3.05, 3.63) is 54.0 Å². The molecule has 1 atom stereocenters. The van der Waals surface area contributed by atoms with Gasteiger partial charge in [0, 0.05) is 12.1 Å². The molecule has 10 heteroatoms. The van der Waals surface area contributed by atoms with Gasteiger partial charge in [-0.25, -0.2) is 4.99 Å². The third kappa shape index (κ3) is 7.58. The lowest BCUT2D eigenvalue weighted by molar-refractivity contribution is -0.274. The predicted octanol–water partition coefficient (Wildman–Crippen LogP) is 3.76. The molecule has 1 heterocycles. The summed E-state index contributed by atoms with van der Waals surface area (Å²) >= 11 is 0. The topological polar surface area (TPSA) is 79.0 Å². The summed E-state index contributed by atoms with van der Waals surface area (Å²) in [5.41, 5.74) is -0.999. The molecule has 0 spiro atoms. The second-order valence-electron chi connectivity index (χ2n) is 5.96. The van der Waals surface area contributed by atoms with Crippen LogP contribution in [-0.2, 0) is 12.1 Å². The van der Waals surface area contributed by atoms with E-state index in [0.717, 1.165) is 0 Å². The van der Waals surface area contributed by atoms with E-state index in [9.17, 15) is 18.3 Å². The first-order valence-corrected chi connectivity index (χ1v) is 8.33. The van der Waals surface area contributed by atoms with Crippen molar-refractivity contribution in [2.24, 2.45) is 4.99 Å². The molecule has 0 radical (unpaired) electrons. The van der Waals surface area contributed by atoms with Gasteiger partial charge in [-0.1, -0.05) is 18.2 Å². The maximum absolute atomic E-state index is 12.5. The van der Waals surface area contributed by atoms with Gasteiger partial charge >= 0.3 is 6.36 Å². The fourth-order valence-electron chi connectivity index (χ4n) is 2.29. The number of aliphatic hydroxyl groups is 1. The van der Waals surface area contributed by atoms with Crippen LogP contribution < -0.4 is 15.4 Å². The first kappa shape index (κ1) is 24.1. The van der Waals surface area contributed by atoms with Gasteiger partial charge in [-0.05, 0) is 32.0 Å². The first-order valence-electron chi connectivity index (χ1n) is 8.33. The van der Waals surface area contributed by atoms with Crippen molar-refractivity contribution in [3.8, 4) is 5.75 Å². The third-order valence-electron chi connectivity index (χ3n) is 3.60. The quantitative estimate of drug-likeness (QED) is 0.299. The van der Waals surface area contributed by atoms with Crippen molar-refractivity contribution < 1.29 is 27.4 Å². The Morgan fingerprint density at radius 3 is 2.50 bits per heavy atom. The van der Waals surface area contributed by atoms with Crippen LogP contribution in [-0.4, -0.2) is 30.5 Å². The van der Waals surface area contributed by atoms with E-state index in [1.165, 1.54) is 24.5 Å². The van der Waals surface area contributed by atoms with E-state index in [0.29, 0.717) is 18.3 Å². The van der Waals surface area contributed by atoms with E-state index in [4.69, 9.17) is 4.42 Å². The molecule has 1 unspecified atom stereocenters. The van der Waals surface area contributed by atoms with Gasteiger partial charge in [-0.15, -0.1) is 37.1 Å². The minimum absolute atomic E-state index is 0. The number of guanidine groups is 1. The minimum atomic E-state index is -4.77. The summed E-state index contributed by atoms with van der Waals surface area (Å²) in [5.74, 6) is 0.424. The molecule has 28 heavy (non-hydrogen) atoms. The predicted molar refractivity (Wildman–Crippen MR) is 110 cm³/mol. The highest BCUT2D eigenvalue weighted by molar-refractivity contribution is 14.0. The van der Waals surface area contributed by atoms with Gasteiger partial charge in [0.1, 0.15) is 17.1 Å². The average Bonchev–Trinajstić information content (AvgIpc) is 3.13. The molecule has 0 aliphatic rings. The lowest BCUT2D eigenvalue weighted by Gasteiger charge is -2.22. The Bertz CT molecular complexity index is 750. The summed E-state index contributed by atoms with van der Waals surface area (Å²) in [4.78, 5) is 4.26. The van der Waals surface area contributed by atoms with Crippen LogP contribution in [0.3, 0.4) is 0 Å². The largest absolute Gasteiger partial charge is 0.573 e. The van der Waals surface area contributed by atoms with Gasteiger partial charge in [0.15, 0.2) is 5.96 Å². The van der Waals surface area contributed by atoms with Crippen molar-refractivity contribution >= 4 is 29.9 Å². The Morgan fingerprint density at radius 2 is 1.89 bits per heavy atom. The van der Waals surface area contributed by atoms with Gasteiger partial charge in [-0.2, -0.15) is 0 Å². The molecule has 0 aliphatic carbocycles. The molecule has 6 nitrogen and oxygen atoms in total. The molecular weight excluding hydrogens is 490 g/mol. The molecule has 2 rings (SSSR count). The zero-order valence-corrected chi connectivity index (χ0v) is 17.7. The van der Waals surface area contributed by atoms with E-state index in [1.54, 1.807) is 25.1 Å². The molecule has 3 N–H and O–H groups in total. The van der Waals surface area contributed by atoms with Gasteiger partial charge in [0.05, 0.1) is 19.4 Å². The summed E-state index contributed by atoms with van der Waals surface area (Å²) in [6.45, 7) is 4.02. The van der Waals surface area contributed by atoms with Crippen molar-refractivity contribution in [2.75, 3.05) is 13.1 Å². The standard InChI is InChI=1S/C18H22F3N3O3.HI/c1-3-22-16(24-12-17(2,25)15-9-6-10-26-15)23-11-13-7-4-5-8-14(13)27-18(19,20)21;/h4-10,25H,3,11-12H2,1-2H3,(H2,22,23,24);1H. The monoisotopic (exact) mass is 513 g/mol. The number of alkyl halides is 3. The second-order valence-corrected chi connectivity index (χ2v) is 5.96. The van der Waals surface area contributed by atoms with Crippen LogP contribution >= 0.6 is 24.0 Å². The lowest BCUT2D eigenvalue weighted by Crippen LogP contribution is -2.44. The molecule has 1 aromatic carbocycles. The van der Waals surface area contributed by atoms with Crippen LogP contribution in [0.25, 0.3) is 0 Å². The van der Waals surface area contributed by atoms with Crippen LogP contribution in [0.4, 0.5) is 13.2 Å². The average molecular weight is 513 g/mol. The highest BCUT2D eigenvalue weighted by atomic mass is 127. The highest BCUT2D eigenvalue weighted by Gasteiger charge is 2.32. The number of rotatable bonds is 7. The van der Waals surface area contributed by atoms with Crippen LogP contribution in [0, 0.1) is 0 Å². The number of nitrogens with one attached hydrogen (secondary N) is 2. The molecule has 156 valence electrons. The molecule has 0 aliphatic heterocycles. The van der Waals surface area contributed by atoms with E-state index in [2.05, 4.69) is 20.4 Å². The van der Waals surface area contributed by atoms with Crippen molar-refractivity contribution in [1.82, 2.24) is 10.6 Å². The summed E-state index contributed by atoms with van der Waals surface area (Å²) in [7, 11) is 0. The molecule has 0 amide bonds. The molecule has 0 fully saturated rings. The van der Waals surface area contributed by atoms with E-state index < -0.39 is 12.0 Å². The Morgan fingerprint density at radius 1 is 1.18 bits per heavy atom. The first-order chi connectivity index (χ1) is 12.7.